The maximum Gasteiger partial charge on any atom is 0.408 e. The van der Waals surface area contributed by atoms with E-state index in [1.54, 1.807) is 0 Å². The molecule has 0 aliphatic heterocycles. The van der Waals surface area contributed by atoms with Gasteiger partial charge in [-0.05, 0) is 12.1 Å². The van der Waals surface area contributed by atoms with Gasteiger partial charge in [0.25, 0.3) is 5.92 Å². The first kappa shape index (κ1) is 13.3. The van der Waals surface area contributed by atoms with Gasteiger partial charge in [-0.1, -0.05) is 6.07 Å². The number of aromatic nitrogens is 1. The van der Waals surface area contributed by atoms with E-state index in [4.69, 9.17) is 6.57 Å². The zero-order chi connectivity index (χ0) is 14.4. The van der Waals surface area contributed by atoms with Gasteiger partial charge >= 0.3 is 6.18 Å². The smallest absolute Gasteiger partial charge is 0.354 e. The van der Waals surface area contributed by atoms with Crippen molar-refractivity contribution in [1.29, 1.82) is 0 Å². The van der Waals surface area contributed by atoms with Crippen LogP contribution in [0.2, 0.25) is 0 Å². The van der Waals surface area contributed by atoms with E-state index < -0.39 is 34.4 Å². The number of nitrogens with zero attached hydrogens (tertiary/aromatic N) is 1. The minimum absolute atomic E-state index is 0.0729. The molecule has 0 saturated heterocycles. The van der Waals surface area contributed by atoms with Gasteiger partial charge in [0, 0.05) is 17.8 Å². The highest BCUT2D eigenvalue weighted by atomic mass is 19.4. The summed E-state index contributed by atoms with van der Waals surface area (Å²) in [6, 6.07) is 2.90. The molecule has 0 atom stereocenters. The number of nitrogens with one attached hydrogen (secondary N) is 1. The first-order valence-corrected chi connectivity index (χ1v) is 5.13. The van der Waals surface area contributed by atoms with E-state index in [0.29, 0.717) is 6.92 Å². The lowest BCUT2D eigenvalue weighted by molar-refractivity contribution is -0.135. The molecular formula is C12H7F5N2. The average Bonchev–Trinajstić information content (AvgIpc) is 2.68. The third-order valence-electron chi connectivity index (χ3n) is 2.66. The second kappa shape index (κ2) is 3.95. The van der Waals surface area contributed by atoms with Crippen molar-refractivity contribution in [2.45, 2.75) is 19.0 Å². The number of halogens is 5. The number of fused-ring (bicyclic) bond motifs is 1. The van der Waals surface area contributed by atoms with E-state index >= 15 is 0 Å². The predicted octanol–water partition coefficient (Wildman–Crippen LogP) is 4.85. The Kier molecular flexibility index (Phi) is 2.77. The third kappa shape index (κ3) is 2.26. The molecule has 0 bridgehead atoms. The summed E-state index contributed by atoms with van der Waals surface area (Å²) >= 11 is 0. The summed E-state index contributed by atoms with van der Waals surface area (Å²) in [5, 5.41) is -0.419. The van der Waals surface area contributed by atoms with Crippen molar-refractivity contribution in [3.63, 3.8) is 0 Å². The molecule has 2 nitrogen and oxygen atoms in total. The molecule has 0 spiro atoms. The summed E-state index contributed by atoms with van der Waals surface area (Å²) in [6.45, 7) is 7.32. The maximum atomic E-state index is 13.1. The van der Waals surface area contributed by atoms with Crippen molar-refractivity contribution >= 4 is 16.6 Å². The van der Waals surface area contributed by atoms with Crippen LogP contribution in [0.25, 0.3) is 15.7 Å². The zero-order valence-corrected chi connectivity index (χ0v) is 9.57. The first-order chi connectivity index (χ1) is 8.64. The van der Waals surface area contributed by atoms with Gasteiger partial charge < -0.3 is 4.98 Å². The molecule has 0 saturated carbocycles. The number of hydrogen-bond acceptors (Lipinski definition) is 0. The Labute approximate surface area is 104 Å². The minimum Gasteiger partial charge on any atom is -0.354 e. The van der Waals surface area contributed by atoms with E-state index in [1.165, 1.54) is 6.07 Å². The molecule has 1 heterocycles. The predicted molar refractivity (Wildman–Crippen MR) is 59.1 cm³/mol. The van der Waals surface area contributed by atoms with Gasteiger partial charge in [0.05, 0.1) is 17.8 Å². The van der Waals surface area contributed by atoms with E-state index in [9.17, 15) is 22.0 Å². The quantitative estimate of drug-likeness (QED) is 0.566. The van der Waals surface area contributed by atoms with Crippen LogP contribution in [-0.2, 0) is 12.1 Å². The van der Waals surface area contributed by atoms with Gasteiger partial charge in [0.1, 0.15) is 0 Å². The normalized spacial score (nSPS) is 12.7. The van der Waals surface area contributed by atoms with Crippen LogP contribution >= 0.6 is 0 Å². The lowest BCUT2D eigenvalue weighted by atomic mass is 10.1. The number of benzene rings is 1. The number of H-pyrrole nitrogens is 1. The Bertz CT molecular complexity index is 670. The molecule has 0 amide bonds. The van der Waals surface area contributed by atoms with Crippen molar-refractivity contribution in [3.05, 3.63) is 40.9 Å². The van der Waals surface area contributed by atoms with E-state index in [-0.39, 0.29) is 5.52 Å². The molecule has 0 radical (unpaired) electrons. The SMILES string of the molecule is [C-]#[N+]c1ccc2[nH]c(C(C)(F)F)cc2c1C(F)(F)F. The van der Waals surface area contributed by atoms with E-state index in [2.05, 4.69) is 9.83 Å². The second-order valence-corrected chi connectivity index (χ2v) is 4.10. The summed E-state index contributed by atoms with van der Waals surface area (Å²) < 4.78 is 65.0. The lowest BCUT2D eigenvalue weighted by Gasteiger charge is -2.09. The van der Waals surface area contributed by atoms with Crippen LogP contribution in [0, 0.1) is 6.57 Å². The topological polar surface area (TPSA) is 20.1 Å². The minimum atomic E-state index is -4.78. The Morgan fingerprint density at radius 3 is 2.26 bits per heavy atom. The molecule has 100 valence electrons. The van der Waals surface area contributed by atoms with Crippen LogP contribution in [0.4, 0.5) is 27.6 Å². The largest absolute Gasteiger partial charge is 0.408 e. The van der Waals surface area contributed by atoms with Gasteiger partial charge in [-0.2, -0.15) is 13.2 Å². The van der Waals surface area contributed by atoms with E-state index in [1.807, 2.05) is 0 Å². The van der Waals surface area contributed by atoms with E-state index in [0.717, 1.165) is 12.1 Å². The molecule has 1 aromatic heterocycles. The first-order valence-electron chi connectivity index (χ1n) is 5.13. The fourth-order valence-electron chi connectivity index (χ4n) is 1.82. The van der Waals surface area contributed by atoms with Crippen molar-refractivity contribution in [1.82, 2.24) is 4.98 Å². The fourth-order valence-corrected chi connectivity index (χ4v) is 1.82. The highest BCUT2D eigenvalue weighted by Gasteiger charge is 2.37. The van der Waals surface area contributed by atoms with Crippen LogP contribution in [0.15, 0.2) is 18.2 Å². The summed E-state index contributed by atoms with van der Waals surface area (Å²) in [6.07, 6.45) is -4.78. The van der Waals surface area contributed by atoms with Crippen molar-refractivity contribution in [2.24, 2.45) is 0 Å². The number of rotatable bonds is 1. The van der Waals surface area contributed by atoms with Crippen LogP contribution in [-0.4, -0.2) is 4.98 Å². The molecule has 2 aromatic rings. The maximum absolute atomic E-state index is 13.1. The fraction of sp³-hybridized carbons (Fsp3) is 0.250. The lowest BCUT2D eigenvalue weighted by Crippen LogP contribution is -2.07. The molecule has 1 aromatic carbocycles. The second-order valence-electron chi connectivity index (χ2n) is 4.10. The molecule has 0 fully saturated rings. The van der Waals surface area contributed by atoms with Gasteiger partial charge in [-0.3, -0.25) is 0 Å². The van der Waals surface area contributed by atoms with Gasteiger partial charge in [0.2, 0.25) is 0 Å². The molecule has 2 rings (SSSR count). The van der Waals surface area contributed by atoms with Crippen molar-refractivity contribution < 1.29 is 22.0 Å². The molecule has 19 heavy (non-hydrogen) atoms. The molecule has 0 aliphatic rings. The van der Waals surface area contributed by atoms with Crippen LogP contribution in [0.1, 0.15) is 18.2 Å². The molecule has 0 unspecified atom stereocenters. The highest BCUT2D eigenvalue weighted by Crippen LogP contribution is 2.42. The van der Waals surface area contributed by atoms with Crippen LogP contribution < -0.4 is 0 Å². The Hall–Kier alpha value is -2.10. The number of alkyl halides is 5. The Morgan fingerprint density at radius 1 is 1.16 bits per heavy atom. The van der Waals surface area contributed by atoms with Gasteiger partial charge in [-0.25, -0.2) is 13.6 Å². The monoisotopic (exact) mass is 274 g/mol. The standard InChI is InChI=1S/C12H7F5N2/c1-11(13,14)9-5-6-7(19-9)3-4-8(18-2)10(6)12(15,16)17/h3-5,19H,1H3. The molecule has 1 N–H and O–H groups in total. The van der Waals surface area contributed by atoms with Crippen molar-refractivity contribution in [3.8, 4) is 0 Å². The summed E-state index contributed by atoms with van der Waals surface area (Å²) in [7, 11) is 0. The summed E-state index contributed by atoms with van der Waals surface area (Å²) in [5.41, 5.74) is -2.48. The summed E-state index contributed by atoms with van der Waals surface area (Å²) in [5.74, 6) is -3.28. The average molecular weight is 274 g/mol. The third-order valence-corrected chi connectivity index (χ3v) is 2.66. The van der Waals surface area contributed by atoms with Crippen LogP contribution in [0.3, 0.4) is 0 Å². The number of hydrogen-bond donors (Lipinski definition) is 1. The van der Waals surface area contributed by atoms with Crippen molar-refractivity contribution in [2.75, 3.05) is 0 Å². The molecule has 7 heteroatoms. The van der Waals surface area contributed by atoms with Gasteiger partial charge in [-0.15, -0.1) is 0 Å². The zero-order valence-electron chi connectivity index (χ0n) is 9.57. The van der Waals surface area contributed by atoms with Gasteiger partial charge in [0.15, 0.2) is 5.69 Å². The Morgan fingerprint density at radius 2 is 1.79 bits per heavy atom. The van der Waals surface area contributed by atoms with Crippen LogP contribution in [0.5, 0.6) is 0 Å². The number of aromatic amines is 1. The Balaban J connectivity index is 2.83. The molecule has 0 aliphatic carbocycles. The summed E-state index contributed by atoms with van der Waals surface area (Å²) in [4.78, 5) is 5.03. The highest BCUT2D eigenvalue weighted by molar-refractivity contribution is 5.89. The molecular weight excluding hydrogens is 267 g/mol.